The molecule has 0 heterocycles. The summed E-state index contributed by atoms with van der Waals surface area (Å²) < 4.78 is 23.2. The van der Waals surface area contributed by atoms with Gasteiger partial charge in [0.15, 0.2) is 0 Å². The number of rotatable bonds is 46. The van der Waals surface area contributed by atoms with E-state index in [1.165, 1.54) is 186 Å². The molecule has 0 aromatic rings. The third-order valence-corrected chi connectivity index (χ3v) is 12.5. The highest BCUT2D eigenvalue weighted by atomic mass is 31.2. The maximum Gasteiger partial charge on any atom is 0.268 e. The molecular weight excluding hydrogens is 744 g/mol. The predicted molar refractivity (Wildman–Crippen MR) is 247 cm³/mol. The molecule has 0 saturated carbocycles. The zero-order valence-electron chi connectivity index (χ0n) is 39.3. The summed E-state index contributed by atoms with van der Waals surface area (Å²) in [5.74, 6) is -0.193. The van der Waals surface area contributed by atoms with Crippen molar-refractivity contribution in [1.29, 1.82) is 0 Å². The lowest BCUT2D eigenvalue weighted by atomic mass is 10.0. The number of carbonyl (C=O) groups is 1. The lowest BCUT2D eigenvalue weighted by Gasteiger charge is -2.29. The minimum Gasteiger partial charge on any atom is -0.756 e. The molecule has 0 spiro atoms. The van der Waals surface area contributed by atoms with E-state index < -0.39 is 20.0 Å². The standard InChI is InChI=1S/C49H99N2O6P/c1-6-8-10-12-14-16-18-20-22-23-24-25-26-27-28-29-31-33-35-37-39-41-43-49(53)50-47(46-57-58(54,55)56-45-44-51(3,4)5)48(52)42-40-38-36-34-32-30-21-19-17-15-13-11-9-7-2/h40,42,47-48,52H,6-39,41,43-46H2,1-5H3,(H-,50,53,54,55)/b42-40+/t47-,48+/m0/s1. The fourth-order valence-electron chi connectivity index (χ4n) is 7.51. The SMILES string of the molecule is CCCCCCCCCCCCCC/C=C/[C@@H](O)[C@H](COP(=O)([O-])OCC[N+](C)(C)C)NC(=O)CCCCCCCCCCCCCCCCCCCCCCCC. The molecule has 0 fully saturated rings. The van der Waals surface area contributed by atoms with Gasteiger partial charge in [-0.3, -0.25) is 9.36 Å². The highest BCUT2D eigenvalue weighted by molar-refractivity contribution is 7.45. The number of phosphoric ester groups is 1. The summed E-state index contributed by atoms with van der Waals surface area (Å²) in [5, 5.41) is 13.8. The molecule has 0 radical (unpaired) electrons. The largest absolute Gasteiger partial charge is 0.756 e. The Morgan fingerprint density at radius 1 is 0.586 bits per heavy atom. The quantitative estimate of drug-likeness (QED) is 0.0273. The number of allylic oxidation sites excluding steroid dienone is 1. The van der Waals surface area contributed by atoms with Gasteiger partial charge in [-0.15, -0.1) is 0 Å². The van der Waals surface area contributed by atoms with Crippen LogP contribution in [0.3, 0.4) is 0 Å². The molecule has 346 valence electrons. The molecule has 1 amide bonds. The van der Waals surface area contributed by atoms with E-state index in [1.54, 1.807) is 6.08 Å². The summed E-state index contributed by atoms with van der Waals surface area (Å²) >= 11 is 0. The number of phosphoric acid groups is 1. The first-order valence-electron chi connectivity index (χ1n) is 25.1. The number of hydrogen-bond acceptors (Lipinski definition) is 6. The Bertz CT molecular complexity index is 958. The summed E-state index contributed by atoms with van der Waals surface area (Å²) in [5.41, 5.74) is 0. The normalized spacial score (nSPS) is 14.3. The third-order valence-electron chi connectivity index (χ3n) is 11.5. The number of carbonyl (C=O) groups excluding carboxylic acids is 1. The van der Waals surface area contributed by atoms with Gasteiger partial charge in [-0.25, -0.2) is 0 Å². The van der Waals surface area contributed by atoms with Crippen LogP contribution in [-0.4, -0.2) is 68.5 Å². The van der Waals surface area contributed by atoms with E-state index in [0.29, 0.717) is 17.4 Å². The monoisotopic (exact) mass is 843 g/mol. The van der Waals surface area contributed by atoms with Gasteiger partial charge in [0.25, 0.3) is 7.82 Å². The second-order valence-corrected chi connectivity index (χ2v) is 19.9. The van der Waals surface area contributed by atoms with Gasteiger partial charge in [0.1, 0.15) is 13.2 Å². The average Bonchev–Trinajstić information content (AvgIpc) is 3.17. The first kappa shape index (κ1) is 57.2. The Balaban J connectivity index is 4.23. The van der Waals surface area contributed by atoms with Gasteiger partial charge in [-0.05, 0) is 19.3 Å². The smallest absolute Gasteiger partial charge is 0.268 e. The summed E-state index contributed by atoms with van der Waals surface area (Å²) in [4.78, 5) is 25.4. The molecule has 8 nitrogen and oxygen atoms in total. The first-order chi connectivity index (χ1) is 28.0. The molecule has 0 aromatic heterocycles. The summed E-state index contributed by atoms with van der Waals surface area (Å²) in [6.07, 6.45) is 48.3. The maximum atomic E-state index is 12.9. The Kier molecular flexibility index (Phi) is 41.0. The van der Waals surface area contributed by atoms with Gasteiger partial charge in [-0.1, -0.05) is 231 Å². The van der Waals surface area contributed by atoms with Crippen molar-refractivity contribution in [2.24, 2.45) is 0 Å². The van der Waals surface area contributed by atoms with E-state index >= 15 is 0 Å². The van der Waals surface area contributed by atoms with Gasteiger partial charge >= 0.3 is 0 Å². The first-order valence-corrected chi connectivity index (χ1v) is 26.5. The predicted octanol–water partition coefficient (Wildman–Crippen LogP) is 13.7. The van der Waals surface area contributed by atoms with Crippen molar-refractivity contribution in [2.75, 3.05) is 40.9 Å². The van der Waals surface area contributed by atoms with Crippen LogP contribution in [0, 0.1) is 0 Å². The number of unbranched alkanes of at least 4 members (excludes halogenated alkanes) is 33. The van der Waals surface area contributed by atoms with Gasteiger partial charge in [0.05, 0.1) is 39.9 Å². The third kappa shape index (κ3) is 43.3. The zero-order valence-corrected chi connectivity index (χ0v) is 40.2. The Morgan fingerprint density at radius 2 is 0.931 bits per heavy atom. The van der Waals surface area contributed by atoms with E-state index in [4.69, 9.17) is 9.05 Å². The summed E-state index contributed by atoms with van der Waals surface area (Å²) in [7, 11) is 1.27. The topological polar surface area (TPSA) is 108 Å². The lowest BCUT2D eigenvalue weighted by molar-refractivity contribution is -0.870. The van der Waals surface area contributed by atoms with Crippen molar-refractivity contribution < 1.29 is 32.9 Å². The molecular formula is C49H99N2O6P. The van der Waals surface area contributed by atoms with E-state index in [-0.39, 0.29) is 19.1 Å². The summed E-state index contributed by atoms with van der Waals surface area (Å²) in [6, 6.07) is -0.880. The lowest BCUT2D eigenvalue weighted by Crippen LogP contribution is -2.45. The van der Waals surface area contributed by atoms with Gasteiger partial charge < -0.3 is 28.8 Å². The minimum atomic E-state index is -4.58. The van der Waals surface area contributed by atoms with E-state index in [1.807, 2.05) is 27.2 Å². The Labute approximate surface area is 361 Å². The van der Waals surface area contributed by atoms with Crippen LogP contribution in [0.1, 0.15) is 245 Å². The van der Waals surface area contributed by atoms with Crippen molar-refractivity contribution >= 4 is 13.7 Å². The van der Waals surface area contributed by atoms with Gasteiger partial charge in [-0.2, -0.15) is 0 Å². The van der Waals surface area contributed by atoms with Crippen LogP contribution < -0.4 is 10.2 Å². The molecule has 1 unspecified atom stereocenters. The van der Waals surface area contributed by atoms with E-state index in [9.17, 15) is 19.4 Å². The molecule has 2 N–H and O–H groups in total. The van der Waals surface area contributed by atoms with E-state index in [2.05, 4.69) is 19.2 Å². The van der Waals surface area contributed by atoms with Gasteiger partial charge in [0.2, 0.25) is 5.91 Å². The molecule has 0 aliphatic rings. The molecule has 0 aliphatic carbocycles. The van der Waals surface area contributed by atoms with Crippen molar-refractivity contribution in [3.05, 3.63) is 12.2 Å². The number of nitrogens with one attached hydrogen (secondary N) is 1. The highest BCUT2D eigenvalue weighted by Gasteiger charge is 2.23. The molecule has 3 atom stereocenters. The second-order valence-electron chi connectivity index (χ2n) is 18.5. The number of likely N-dealkylation sites (N-methyl/N-ethyl adjacent to an activating group) is 1. The second kappa shape index (κ2) is 41.6. The van der Waals surface area contributed by atoms with Crippen molar-refractivity contribution in [3.63, 3.8) is 0 Å². The van der Waals surface area contributed by atoms with Crippen LogP contribution in [0.2, 0.25) is 0 Å². The minimum absolute atomic E-state index is 0.00230. The Hall–Kier alpha value is -0.760. The van der Waals surface area contributed by atoms with Crippen molar-refractivity contribution in [3.8, 4) is 0 Å². The van der Waals surface area contributed by atoms with E-state index in [0.717, 1.165) is 38.5 Å². The average molecular weight is 843 g/mol. The van der Waals surface area contributed by atoms with Crippen LogP contribution >= 0.6 is 7.82 Å². The molecule has 0 aromatic carbocycles. The maximum absolute atomic E-state index is 12.9. The molecule has 0 saturated heterocycles. The number of aliphatic hydroxyl groups excluding tert-OH is 1. The molecule has 0 bridgehead atoms. The van der Waals surface area contributed by atoms with Crippen LogP contribution in [0.5, 0.6) is 0 Å². The fraction of sp³-hybridized carbons (Fsp3) is 0.939. The number of amides is 1. The van der Waals surface area contributed by atoms with Crippen LogP contribution in [0.25, 0.3) is 0 Å². The Morgan fingerprint density at radius 3 is 1.29 bits per heavy atom. The zero-order chi connectivity index (χ0) is 42.8. The van der Waals surface area contributed by atoms with Crippen molar-refractivity contribution in [2.45, 2.75) is 257 Å². The number of quaternary nitrogens is 1. The highest BCUT2D eigenvalue weighted by Crippen LogP contribution is 2.38. The van der Waals surface area contributed by atoms with Crippen LogP contribution in [-0.2, 0) is 18.4 Å². The molecule has 58 heavy (non-hydrogen) atoms. The fourth-order valence-corrected chi connectivity index (χ4v) is 8.23. The molecule has 9 heteroatoms. The molecule has 0 rings (SSSR count). The van der Waals surface area contributed by atoms with Crippen LogP contribution in [0.15, 0.2) is 12.2 Å². The summed E-state index contributed by atoms with van der Waals surface area (Å²) in [6.45, 7) is 4.67. The van der Waals surface area contributed by atoms with Crippen LogP contribution in [0.4, 0.5) is 0 Å². The van der Waals surface area contributed by atoms with Gasteiger partial charge in [0, 0.05) is 6.42 Å². The number of hydrogen-bond donors (Lipinski definition) is 2. The number of nitrogens with zero attached hydrogens (tertiary/aromatic N) is 1. The molecule has 0 aliphatic heterocycles. The number of aliphatic hydroxyl groups is 1. The van der Waals surface area contributed by atoms with Crippen molar-refractivity contribution in [1.82, 2.24) is 5.32 Å².